The van der Waals surface area contributed by atoms with Crippen molar-refractivity contribution in [2.24, 2.45) is 0 Å². The van der Waals surface area contributed by atoms with Crippen LogP contribution in [0, 0.1) is 0 Å². The van der Waals surface area contributed by atoms with Crippen LogP contribution in [0.2, 0.25) is 5.02 Å². The standard InChI is InChI=1S/C20H22ClN3O/c1-2-5-19-23-17-10-8-14(12-18(17)24-19)9-11-20(25)22-13-15-6-3-4-7-16(15)21/h3-4,6-8,10,12H,2,5,9,11,13H2,1H3,(H,22,25)(H,23,24). The second kappa shape index (κ2) is 8.17. The van der Waals surface area contributed by atoms with Gasteiger partial charge in [0.05, 0.1) is 11.0 Å². The molecule has 5 heteroatoms. The number of fused-ring (bicyclic) bond motifs is 1. The number of aromatic nitrogens is 2. The number of H-pyrrole nitrogens is 1. The molecule has 0 saturated heterocycles. The molecule has 0 aliphatic heterocycles. The topological polar surface area (TPSA) is 57.8 Å². The van der Waals surface area contributed by atoms with Crippen molar-refractivity contribution in [3.63, 3.8) is 0 Å². The number of carbonyl (C=O) groups is 1. The van der Waals surface area contributed by atoms with Gasteiger partial charge in [-0.1, -0.05) is 42.8 Å². The molecular formula is C20H22ClN3O. The average molecular weight is 356 g/mol. The minimum Gasteiger partial charge on any atom is -0.352 e. The maximum absolute atomic E-state index is 12.1. The van der Waals surface area contributed by atoms with Crippen LogP contribution in [0.4, 0.5) is 0 Å². The first-order valence-electron chi connectivity index (χ1n) is 8.63. The number of rotatable bonds is 7. The number of benzene rings is 2. The molecule has 1 aromatic heterocycles. The number of aromatic amines is 1. The average Bonchev–Trinajstić information content (AvgIpc) is 3.01. The number of imidazole rings is 1. The minimum atomic E-state index is 0.0244. The van der Waals surface area contributed by atoms with E-state index >= 15 is 0 Å². The van der Waals surface area contributed by atoms with Crippen LogP contribution < -0.4 is 5.32 Å². The zero-order valence-electron chi connectivity index (χ0n) is 14.3. The van der Waals surface area contributed by atoms with Crippen molar-refractivity contribution in [1.29, 1.82) is 0 Å². The van der Waals surface area contributed by atoms with E-state index in [1.54, 1.807) is 0 Å². The molecular weight excluding hydrogens is 334 g/mol. The van der Waals surface area contributed by atoms with Crippen LogP contribution in [-0.4, -0.2) is 15.9 Å². The zero-order valence-corrected chi connectivity index (χ0v) is 15.1. The van der Waals surface area contributed by atoms with Crippen molar-refractivity contribution in [1.82, 2.24) is 15.3 Å². The Morgan fingerprint density at radius 3 is 2.84 bits per heavy atom. The normalized spacial score (nSPS) is 11.0. The molecule has 0 spiro atoms. The summed E-state index contributed by atoms with van der Waals surface area (Å²) in [4.78, 5) is 20.0. The fourth-order valence-corrected chi connectivity index (χ4v) is 3.00. The Hall–Kier alpha value is -2.33. The first-order chi connectivity index (χ1) is 12.2. The Bertz CT molecular complexity index is 872. The minimum absolute atomic E-state index is 0.0244. The van der Waals surface area contributed by atoms with Gasteiger partial charge in [-0.15, -0.1) is 0 Å². The van der Waals surface area contributed by atoms with Crippen LogP contribution in [0.1, 0.15) is 36.7 Å². The third kappa shape index (κ3) is 4.60. The molecule has 0 atom stereocenters. The number of carbonyl (C=O) groups excluding carboxylic acids is 1. The molecule has 3 rings (SSSR count). The van der Waals surface area contributed by atoms with Gasteiger partial charge in [-0.2, -0.15) is 0 Å². The molecule has 0 fully saturated rings. The molecule has 0 aliphatic rings. The van der Waals surface area contributed by atoms with E-state index in [1.165, 1.54) is 0 Å². The summed E-state index contributed by atoms with van der Waals surface area (Å²) in [6.07, 6.45) is 3.17. The SMILES string of the molecule is CCCc1nc2ccc(CCC(=O)NCc3ccccc3Cl)cc2[nH]1. The van der Waals surface area contributed by atoms with Crippen LogP contribution in [0.25, 0.3) is 11.0 Å². The summed E-state index contributed by atoms with van der Waals surface area (Å²) in [6, 6.07) is 13.7. The van der Waals surface area contributed by atoms with Crippen LogP contribution in [0.5, 0.6) is 0 Å². The Morgan fingerprint density at radius 1 is 1.20 bits per heavy atom. The lowest BCUT2D eigenvalue weighted by molar-refractivity contribution is -0.121. The third-order valence-electron chi connectivity index (χ3n) is 4.16. The monoisotopic (exact) mass is 355 g/mol. The van der Waals surface area contributed by atoms with Gasteiger partial charge in [-0.3, -0.25) is 4.79 Å². The number of nitrogens with zero attached hydrogens (tertiary/aromatic N) is 1. The Morgan fingerprint density at radius 2 is 2.04 bits per heavy atom. The molecule has 4 nitrogen and oxygen atoms in total. The lowest BCUT2D eigenvalue weighted by Crippen LogP contribution is -2.23. The highest BCUT2D eigenvalue weighted by molar-refractivity contribution is 6.31. The van der Waals surface area contributed by atoms with Crippen LogP contribution in [0.3, 0.4) is 0 Å². The maximum Gasteiger partial charge on any atom is 0.220 e. The molecule has 0 radical (unpaired) electrons. The molecule has 1 amide bonds. The van der Waals surface area contributed by atoms with E-state index in [1.807, 2.05) is 36.4 Å². The van der Waals surface area contributed by atoms with Gasteiger partial charge in [0, 0.05) is 24.4 Å². The number of hydrogen-bond donors (Lipinski definition) is 2. The van der Waals surface area contributed by atoms with Crippen molar-refractivity contribution >= 4 is 28.5 Å². The number of halogens is 1. The molecule has 0 aliphatic carbocycles. The van der Waals surface area contributed by atoms with Crippen molar-refractivity contribution < 1.29 is 4.79 Å². The third-order valence-corrected chi connectivity index (χ3v) is 4.53. The Labute approximate surface area is 152 Å². The first kappa shape index (κ1) is 17.5. The van der Waals surface area contributed by atoms with E-state index in [9.17, 15) is 4.79 Å². The van der Waals surface area contributed by atoms with Crippen molar-refractivity contribution in [2.75, 3.05) is 0 Å². The molecule has 2 N–H and O–H groups in total. The first-order valence-corrected chi connectivity index (χ1v) is 9.01. The van der Waals surface area contributed by atoms with Gasteiger partial charge < -0.3 is 10.3 Å². The van der Waals surface area contributed by atoms with E-state index in [4.69, 9.17) is 11.6 Å². The number of nitrogens with one attached hydrogen (secondary N) is 2. The van der Waals surface area contributed by atoms with Crippen LogP contribution in [-0.2, 0) is 24.2 Å². The highest BCUT2D eigenvalue weighted by Crippen LogP contribution is 2.16. The summed E-state index contributed by atoms with van der Waals surface area (Å²) in [6.45, 7) is 2.60. The predicted molar refractivity (Wildman–Crippen MR) is 102 cm³/mol. The van der Waals surface area contributed by atoms with Gasteiger partial charge >= 0.3 is 0 Å². The molecule has 0 saturated carbocycles. The predicted octanol–water partition coefficient (Wildman–Crippen LogP) is 4.42. The molecule has 0 bridgehead atoms. The van der Waals surface area contributed by atoms with Crippen molar-refractivity contribution in [3.05, 3.63) is 64.4 Å². The maximum atomic E-state index is 12.1. The Balaban J connectivity index is 1.54. The van der Waals surface area contributed by atoms with Crippen molar-refractivity contribution in [3.8, 4) is 0 Å². The Kier molecular flexibility index (Phi) is 5.71. The summed E-state index contributed by atoms with van der Waals surface area (Å²) in [7, 11) is 0. The summed E-state index contributed by atoms with van der Waals surface area (Å²) in [5, 5.41) is 3.60. The summed E-state index contributed by atoms with van der Waals surface area (Å²) < 4.78 is 0. The van der Waals surface area contributed by atoms with E-state index < -0.39 is 0 Å². The van der Waals surface area contributed by atoms with Crippen LogP contribution in [0.15, 0.2) is 42.5 Å². The lowest BCUT2D eigenvalue weighted by Gasteiger charge is -2.07. The van der Waals surface area contributed by atoms with E-state index in [0.717, 1.165) is 40.8 Å². The molecule has 130 valence electrons. The molecule has 1 heterocycles. The number of aryl methyl sites for hydroxylation is 2. The molecule has 25 heavy (non-hydrogen) atoms. The number of amides is 1. The van der Waals surface area contributed by atoms with Gasteiger partial charge in [0.15, 0.2) is 0 Å². The van der Waals surface area contributed by atoms with Gasteiger partial charge in [0.2, 0.25) is 5.91 Å². The summed E-state index contributed by atoms with van der Waals surface area (Å²) >= 11 is 6.10. The van der Waals surface area contributed by atoms with Gasteiger partial charge in [-0.05, 0) is 42.2 Å². The van der Waals surface area contributed by atoms with E-state index in [-0.39, 0.29) is 5.91 Å². The van der Waals surface area contributed by atoms with Crippen LogP contribution >= 0.6 is 11.6 Å². The summed E-state index contributed by atoms with van der Waals surface area (Å²) in [5.74, 6) is 1.04. The molecule has 0 unspecified atom stereocenters. The second-order valence-electron chi connectivity index (χ2n) is 6.15. The highest BCUT2D eigenvalue weighted by Gasteiger charge is 2.07. The smallest absolute Gasteiger partial charge is 0.220 e. The fraction of sp³-hybridized carbons (Fsp3) is 0.300. The largest absolute Gasteiger partial charge is 0.352 e. The summed E-state index contributed by atoms with van der Waals surface area (Å²) in [5.41, 5.74) is 4.08. The lowest BCUT2D eigenvalue weighted by atomic mass is 10.1. The fourth-order valence-electron chi connectivity index (χ4n) is 2.80. The van der Waals surface area contributed by atoms with E-state index in [0.29, 0.717) is 24.4 Å². The second-order valence-corrected chi connectivity index (χ2v) is 6.56. The van der Waals surface area contributed by atoms with Gasteiger partial charge in [0.1, 0.15) is 5.82 Å². The quantitative estimate of drug-likeness (QED) is 0.659. The van der Waals surface area contributed by atoms with Gasteiger partial charge in [0.25, 0.3) is 0 Å². The van der Waals surface area contributed by atoms with Crippen molar-refractivity contribution in [2.45, 2.75) is 39.2 Å². The highest BCUT2D eigenvalue weighted by atomic mass is 35.5. The molecule has 3 aromatic rings. The number of hydrogen-bond acceptors (Lipinski definition) is 2. The molecule has 2 aromatic carbocycles. The van der Waals surface area contributed by atoms with Gasteiger partial charge in [-0.25, -0.2) is 4.98 Å². The van der Waals surface area contributed by atoms with E-state index in [2.05, 4.69) is 28.3 Å². The zero-order chi connectivity index (χ0) is 17.6.